The average molecular weight is 274 g/mol. The summed E-state index contributed by atoms with van der Waals surface area (Å²) in [5.41, 5.74) is 0.930. The molecule has 2 rings (SSSR count). The van der Waals surface area contributed by atoms with Crippen molar-refractivity contribution in [3.63, 3.8) is 0 Å². The zero-order valence-corrected chi connectivity index (χ0v) is 11.9. The Hall–Kier alpha value is -1.89. The van der Waals surface area contributed by atoms with E-state index in [9.17, 15) is 9.18 Å². The van der Waals surface area contributed by atoms with Gasteiger partial charge in [0.2, 0.25) is 5.91 Å². The monoisotopic (exact) mass is 274 g/mol. The Labute approximate surface area is 119 Å². The lowest BCUT2D eigenvalue weighted by molar-refractivity contribution is -0.131. The number of halogens is 1. The SMILES string of the molecule is CC1(C)CCC(=O)N(Cc2ccc(C#N)cc2F)CC1. The molecule has 0 atom stereocenters. The second-order valence-corrected chi connectivity index (χ2v) is 6.15. The Morgan fingerprint density at radius 3 is 2.80 bits per heavy atom. The molecule has 1 heterocycles. The number of carbonyl (C=O) groups is 1. The lowest BCUT2D eigenvalue weighted by Gasteiger charge is -2.23. The molecule has 1 aliphatic heterocycles. The summed E-state index contributed by atoms with van der Waals surface area (Å²) < 4.78 is 13.9. The highest BCUT2D eigenvalue weighted by Gasteiger charge is 2.27. The second kappa shape index (κ2) is 5.62. The smallest absolute Gasteiger partial charge is 0.222 e. The van der Waals surface area contributed by atoms with E-state index in [1.165, 1.54) is 6.07 Å². The van der Waals surface area contributed by atoms with Crippen LogP contribution in [0.3, 0.4) is 0 Å². The van der Waals surface area contributed by atoms with Crippen molar-refractivity contribution >= 4 is 5.91 Å². The maximum absolute atomic E-state index is 13.9. The summed E-state index contributed by atoms with van der Waals surface area (Å²) in [6.07, 6.45) is 2.32. The van der Waals surface area contributed by atoms with Crippen molar-refractivity contribution in [3.8, 4) is 6.07 Å². The van der Waals surface area contributed by atoms with E-state index < -0.39 is 5.82 Å². The van der Waals surface area contributed by atoms with Crippen LogP contribution in [-0.4, -0.2) is 17.4 Å². The quantitative estimate of drug-likeness (QED) is 0.831. The molecule has 1 amide bonds. The molecule has 0 aromatic heterocycles. The maximum atomic E-state index is 13.9. The molecule has 0 spiro atoms. The highest BCUT2D eigenvalue weighted by molar-refractivity contribution is 5.76. The molecule has 1 aromatic rings. The number of hydrogen-bond acceptors (Lipinski definition) is 2. The molecule has 4 heteroatoms. The number of nitriles is 1. The highest BCUT2D eigenvalue weighted by atomic mass is 19.1. The van der Waals surface area contributed by atoms with Crippen molar-refractivity contribution in [3.05, 3.63) is 35.1 Å². The number of rotatable bonds is 2. The molecule has 1 aromatic carbocycles. The van der Waals surface area contributed by atoms with Crippen LogP contribution in [0, 0.1) is 22.6 Å². The summed E-state index contributed by atoms with van der Waals surface area (Å²) in [7, 11) is 0. The van der Waals surface area contributed by atoms with Crippen molar-refractivity contribution in [1.82, 2.24) is 4.90 Å². The topological polar surface area (TPSA) is 44.1 Å². The molecule has 0 bridgehead atoms. The third kappa shape index (κ3) is 3.36. The Balaban J connectivity index is 2.13. The summed E-state index contributed by atoms with van der Waals surface area (Å²) >= 11 is 0. The molecular formula is C16H19FN2O. The van der Waals surface area contributed by atoms with Crippen LogP contribution in [0.4, 0.5) is 4.39 Å². The van der Waals surface area contributed by atoms with Crippen LogP contribution in [-0.2, 0) is 11.3 Å². The van der Waals surface area contributed by atoms with Crippen LogP contribution >= 0.6 is 0 Å². The van der Waals surface area contributed by atoms with Gasteiger partial charge in [-0.1, -0.05) is 19.9 Å². The van der Waals surface area contributed by atoms with Gasteiger partial charge in [-0.25, -0.2) is 4.39 Å². The molecule has 0 unspecified atom stereocenters. The van der Waals surface area contributed by atoms with Crippen LogP contribution in [0.25, 0.3) is 0 Å². The van der Waals surface area contributed by atoms with E-state index in [4.69, 9.17) is 5.26 Å². The summed E-state index contributed by atoms with van der Waals surface area (Å²) in [5.74, 6) is -0.334. The van der Waals surface area contributed by atoms with Crippen LogP contribution < -0.4 is 0 Å². The van der Waals surface area contributed by atoms with E-state index >= 15 is 0 Å². The average Bonchev–Trinajstić information content (AvgIpc) is 2.53. The summed E-state index contributed by atoms with van der Waals surface area (Å²) in [5, 5.41) is 8.73. The van der Waals surface area contributed by atoms with Gasteiger partial charge in [0.25, 0.3) is 0 Å². The Morgan fingerprint density at radius 1 is 1.40 bits per heavy atom. The normalized spacial score (nSPS) is 18.5. The van der Waals surface area contributed by atoms with Crippen LogP contribution in [0.5, 0.6) is 0 Å². The van der Waals surface area contributed by atoms with Gasteiger partial charge in [-0.3, -0.25) is 4.79 Å². The van der Waals surface area contributed by atoms with E-state index in [-0.39, 0.29) is 17.9 Å². The Bertz CT molecular complexity index is 560. The number of hydrogen-bond donors (Lipinski definition) is 0. The van der Waals surface area contributed by atoms with Crippen molar-refractivity contribution in [2.75, 3.05) is 6.54 Å². The zero-order valence-electron chi connectivity index (χ0n) is 11.9. The van der Waals surface area contributed by atoms with Gasteiger partial charge in [0.1, 0.15) is 5.82 Å². The molecule has 0 aliphatic carbocycles. The standard InChI is InChI=1S/C16H19FN2O/c1-16(2)6-5-15(20)19(8-7-16)11-13-4-3-12(10-18)9-14(13)17/h3-4,9H,5-8,11H2,1-2H3. The van der Waals surface area contributed by atoms with Crippen molar-refractivity contribution in [2.24, 2.45) is 5.41 Å². The maximum Gasteiger partial charge on any atom is 0.222 e. The minimum absolute atomic E-state index is 0.0827. The van der Waals surface area contributed by atoms with Gasteiger partial charge in [-0.2, -0.15) is 5.26 Å². The molecule has 1 saturated heterocycles. The largest absolute Gasteiger partial charge is 0.338 e. The number of benzene rings is 1. The first-order chi connectivity index (χ1) is 9.41. The van der Waals surface area contributed by atoms with Gasteiger partial charge >= 0.3 is 0 Å². The fraction of sp³-hybridized carbons (Fsp3) is 0.500. The first kappa shape index (κ1) is 14.5. The van der Waals surface area contributed by atoms with E-state index in [2.05, 4.69) is 13.8 Å². The minimum atomic E-state index is -0.416. The zero-order chi connectivity index (χ0) is 14.8. The Morgan fingerprint density at radius 2 is 2.15 bits per heavy atom. The molecule has 0 saturated carbocycles. The van der Waals surface area contributed by atoms with Gasteiger partial charge in [0.15, 0.2) is 0 Å². The first-order valence-electron chi connectivity index (χ1n) is 6.88. The van der Waals surface area contributed by atoms with Gasteiger partial charge < -0.3 is 4.90 Å². The van der Waals surface area contributed by atoms with Crippen LogP contribution in [0.1, 0.15) is 44.2 Å². The van der Waals surface area contributed by atoms with Crippen molar-refractivity contribution < 1.29 is 9.18 Å². The van der Waals surface area contributed by atoms with E-state index in [0.717, 1.165) is 12.8 Å². The van der Waals surface area contributed by atoms with Crippen molar-refractivity contribution in [1.29, 1.82) is 5.26 Å². The lowest BCUT2D eigenvalue weighted by atomic mass is 9.85. The highest BCUT2D eigenvalue weighted by Crippen LogP contribution is 2.31. The fourth-order valence-electron chi connectivity index (χ4n) is 2.41. The lowest BCUT2D eigenvalue weighted by Crippen LogP contribution is -2.30. The minimum Gasteiger partial charge on any atom is -0.338 e. The summed E-state index contributed by atoms with van der Waals surface area (Å²) in [4.78, 5) is 13.8. The van der Waals surface area contributed by atoms with Crippen LogP contribution in [0.15, 0.2) is 18.2 Å². The first-order valence-corrected chi connectivity index (χ1v) is 6.88. The molecule has 20 heavy (non-hydrogen) atoms. The van der Waals surface area contributed by atoms with Gasteiger partial charge in [0, 0.05) is 25.1 Å². The molecule has 1 aliphatic rings. The summed E-state index contributed by atoms with van der Waals surface area (Å²) in [6, 6.07) is 6.31. The number of nitrogens with zero attached hydrogens (tertiary/aromatic N) is 2. The molecular weight excluding hydrogens is 255 g/mol. The van der Waals surface area contributed by atoms with E-state index in [1.54, 1.807) is 17.0 Å². The van der Waals surface area contributed by atoms with Gasteiger partial charge in [0.05, 0.1) is 11.6 Å². The molecule has 0 N–H and O–H groups in total. The second-order valence-electron chi connectivity index (χ2n) is 6.15. The van der Waals surface area contributed by atoms with E-state index in [1.807, 2.05) is 6.07 Å². The number of likely N-dealkylation sites (tertiary alicyclic amines) is 1. The third-order valence-electron chi connectivity index (χ3n) is 3.97. The van der Waals surface area contributed by atoms with E-state index in [0.29, 0.717) is 24.1 Å². The van der Waals surface area contributed by atoms with Gasteiger partial charge in [-0.05, 0) is 30.4 Å². The summed E-state index contributed by atoms with van der Waals surface area (Å²) in [6.45, 7) is 5.26. The molecule has 3 nitrogen and oxygen atoms in total. The predicted octanol–water partition coefficient (Wildman–Crippen LogP) is 3.24. The number of amides is 1. The van der Waals surface area contributed by atoms with Crippen LogP contribution in [0.2, 0.25) is 0 Å². The number of carbonyl (C=O) groups excluding carboxylic acids is 1. The van der Waals surface area contributed by atoms with Crippen molar-refractivity contribution in [2.45, 2.75) is 39.7 Å². The fourth-order valence-corrected chi connectivity index (χ4v) is 2.41. The van der Waals surface area contributed by atoms with Gasteiger partial charge in [-0.15, -0.1) is 0 Å². The molecule has 0 radical (unpaired) electrons. The molecule has 1 fully saturated rings. The molecule has 106 valence electrons. The Kier molecular flexibility index (Phi) is 4.08. The predicted molar refractivity (Wildman–Crippen MR) is 74.2 cm³/mol. The third-order valence-corrected chi connectivity index (χ3v) is 3.97.